The van der Waals surface area contributed by atoms with E-state index in [2.05, 4.69) is 4.98 Å². The number of hydrogen-bond acceptors (Lipinski definition) is 4. The number of hydrogen-bond donors (Lipinski definition) is 0. The number of nitrogens with zero attached hydrogens (tertiary/aromatic N) is 3. The van der Waals surface area contributed by atoms with Crippen molar-refractivity contribution >= 4 is 11.8 Å². The molecule has 0 spiro atoms. The van der Waals surface area contributed by atoms with E-state index in [0.717, 1.165) is 17.5 Å². The second kappa shape index (κ2) is 8.20. The van der Waals surface area contributed by atoms with Gasteiger partial charge in [0.05, 0.1) is 12.7 Å². The molecule has 0 atom stereocenters. The molecular weight excluding hydrogens is 342 g/mol. The summed E-state index contributed by atoms with van der Waals surface area (Å²) in [6.07, 6.45) is 3.98. The highest BCUT2D eigenvalue weighted by molar-refractivity contribution is 5.98. The SMILES string of the molecule is COc1c(C)cc(C)cc1C(=O)N1CCCN(C(=O)c2ccncc2)CC1. The van der Waals surface area contributed by atoms with Crippen LogP contribution in [0.3, 0.4) is 0 Å². The maximum atomic E-state index is 13.1. The molecule has 142 valence electrons. The van der Waals surface area contributed by atoms with Crippen LogP contribution in [-0.4, -0.2) is 59.9 Å². The number of methoxy groups -OCH3 is 1. The van der Waals surface area contributed by atoms with Gasteiger partial charge in [-0.15, -0.1) is 0 Å². The average Bonchev–Trinajstić information content (AvgIpc) is 2.93. The number of benzene rings is 1. The summed E-state index contributed by atoms with van der Waals surface area (Å²) >= 11 is 0. The lowest BCUT2D eigenvalue weighted by molar-refractivity contribution is 0.0716. The van der Waals surface area contributed by atoms with Crippen molar-refractivity contribution in [3.05, 3.63) is 58.9 Å². The van der Waals surface area contributed by atoms with Gasteiger partial charge >= 0.3 is 0 Å². The molecular formula is C21H25N3O3. The Labute approximate surface area is 159 Å². The van der Waals surface area contributed by atoms with Gasteiger partial charge in [-0.05, 0) is 49.6 Å². The molecule has 0 N–H and O–H groups in total. The first-order valence-electron chi connectivity index (χ1n) is 9.15. The second-order valence-electron chi connectivity index (χ2n) is 6.84. The van der Waals surface area contributed by atoms with Gasteiger partial charge in [-0.1, -0.05) is 6.07 Å². The molecule has 0 aliphatic carbocycles. The molecule has 0 unspecified atom stereocenters. The van der Waals surface area contributed by atoms with Crippen molar-refractivity contribution < 1.29 is 14.3 Å². The number of pyridine rings is 1. The third kappa shape index (κ3) is 4.10. The van der Waals surface area contributed by atoms with Gasteiger partial charge in [-0.25, -0.2) is 0 Å². The molecule has 0 saturated carbocycles. The zero-order valence-corrected chi connectivity index (χ0v) is 16.1. The van der Waals surface area contributed by atoms with Gasteiger partial charge in [0, 0.05) is 44.1 Å². The summed E-state index contributed by atoms with van der Waals surface area (Å²) in [5.74, 6) is 0.562. The fourth-order valence-electron chi connectivity index (χ4n) is 3.56. The van der Waals surface area contributed by atoms with Gasteiger partial charge in [-0.2, -0.15) is 0 Å². The summed E-state index contributed by atoms with van der Waals surface area (Å²) in [6.45, 7) is 6.19. The minimum Gasteiger partial charge on any atom is -0.496 e. The first-order valence-corrected chi connectivity index (χ1v) is 9.15. The van der Waals surface area contributed by atoms with Crippen LogP contribution in [0.1, 0.15) is 38.3 Å². The highest BCUT2D eigenvalue weighted by Crippen LogP contribution is 2.26. The molecule has 27 heavy (non-hydrogen) atoms. The molecule has 1 saturated heterocycles. The summed E-state index contributed by atoms with van der Waals surface area (Å²) < 4.78 is 5.47. The van der Waals surface area contributed by atoms with Crippen LogP contribution in [0.15, 0.2) is 36.7 Å². The van der Waals surface area contributed by atoms with Gasteiger partial charge in [0.2, 0.25) is 0 Å². The molecule has 2 aromatic rings. The fourth-order valence-corrected chi connectivity index (χ4v) is 3.56. The van der Waals surface area contributed by atoms with E-state index in [-0.39, 0.29) is 11.8 Å². The molecule has 1 aromatic carbocycles. The number of aryl methyl sites for hydroxylation is 2. The summed E-state index contributed by atoms with van der Waals surface area (Å²) in [7, 11) is 1.59. The Kier molecular flexibility index (Phi) is 5.74. The zero-order valence-electron chi connectivity index (χ0n) is 16.1. The lowest BCUT2D eigenvalue weighted by Crippen LogP contribution is -2.37. The Morgan fingerprint density at radius 1 is 0.963 bits per heavy atom. The fraction of sp³-hybridized carbons (Fsp3) is 0.381. The highest BCUT2D eigenvalue weighted by Gasteiger charge is 2.25. The van der Waals surface area contributed by atoms with Crippen LogP contribution in [0, 0.1) is 13.8 Å². The Balaban J connectivity index is 1.75. The van der Waals surface area contributed by atoms with Crippen LogP contribution >= 0.6 is 0 Å². The van der Waals surface area contributed by atoms with Crippen molar-refractivity contribution in [1.82, 2.24) is 14.8 Å². The normalized spacial score (nSPS) is 14.6. The first kappa shape index (κ1) is 18.9. The minimum atomic E-state index is -0.0446. The second-order valence-corrected chi connectivity index (χ2v) is 6.84. The Hall–Kier alpha value is -2.89. The molecule has 6 nitrogen and oxygen atoms in total. The predicted molar refractivity (Wildman–Crippen MR) is 103 cm³/mol. The molecule has 0 radical (unpaired) electrons. The predicted octanol–water partition coefficient (Wildman–Crippen LogP) is 2.70. The molecule has 2 heterocycles. The smallest absolute Gasteiger partial charge is 0.257 e. The highest BCUT2D eigenvalue weighted by atomic mass is 16.5. The topological polar surface area (TPSA) is 62.7 Å². The third-order valence-corrected chi connectivity index (χ3v) is 4.85. The van der Waals surface area contributed by atoms with Gasteiger partial charge in [-0.3, -0.25) is 14.6 Å². The van der Waals surface area contributed by atoms with Crippen molar-refractivity contribution in [2.24, 2.45) is 0 Å². The lowest BCUT2D eigenvalue weighted by atomic mass is 10.0. The zero-order chi connectivity index (χ0) is 19.4. The van der Waals surface area contributed by atoms with Crippen LogP contribution < -0.4 is 4.74 Å². The van der Waals surface area contributed by atoms with E-state index >= 15 is 0 Å². The van der Waals surface area contributed by atoms with E-state index in [1.807, 2.05) is 30.9 Å². The van der Waals surface area contributed by atoms with E-state index in [1.165, 1.54) is 0 Å². The van der Waals surface area contributed by atoms with E-state index in [1.54, 1.807) is 36.5 Å². The van der Waals surface area contributed by atoms with E-state index < -0.39 is 0 Å². The molecule has 3 rings (SSSR count). The van der Waals surface area contributed by atoms with Gasteiger partial charge < -0.3 is 14.5 Å². The van der Waals surface area contributed by atoms with Crippen LogP contribution in [0.2, 0.25) is 0 Å². The molecule has 0 bridgehead atoms. The largest absolute Gasteiger partial charge is 0.496 e. The summed E-state index contributed by atoms with van der Waals surface area (Å²) in [5.41, 5.74) is 3.19. The molecule has 1 aliphatic heterocycles. The third-order valence-electron chi connectivity index (χ3n) is 4.85. The van der Waals surface area contributed by atoms with Crippen LogP contribution in [-0.2, 0) is 0 Å². The van der Waals surface area contributed by atoms with Crippen LogP contribution in [0.4, 0.5) is 0 Å². The summed E-state index contributed by atoms with van der Waals surface area (Å²) in [5, 5.41) is 0. The van der Waals surface area contributed by atoms with E-state index in [0.29, 0.717) is 43.1 Å². The minimum absolute atomic E-state index is 0.0179. The van der Waals surface area contributed by atoms with Crippen LogP contribution in [0.5, 0.6) is 5.75 Å². The maximum Gasteiger partial charge on any atom is 0.257 e. The van der Waals surface area contributed by atoms with Crippen molar-refractivity contribution in [1.29, 1.82) is 0 Å². The number of aromatic nitrogens is 1. The van der Waals surface area contributed by atoms with Crippen molar-refractivity contribution in [2.45, 2.75) is 20.3 Å². The monoisotopic (exact) mass is 367 g/mol. The molecule has 1 aliphatic rings. The standard InChI is InChI=1S/C21H25N3O3/c1-15-13-16(2)19(27-3)18(14-15)21(26)24-10-4-9-23(11-12-24)20(25)17-5-7-22-8-6-17/h5-8,13-14H,4,9-12H2,1-3H3. The number of carbonyl (C=O) groups is 2. The molecule has 2 amide bonds. The average molecular weight is 367 g/mol. The van der Waals surface area contributed by atoms with Gasteiger partial charge in [0.1, 0.15) is 5.75 Å². The van der Waals surface area contributed by atoms with Crippen molar-refractivity contribution in [3.8, 4) is 5.75 Å². The molecule has 1 aromatic heterocycles. The number of carbonyl (C=O) groups excluding carboxylic acids is 2. The summed E-state index contributed by atoms with van der Waals surface area (Å²) in [4.78, 5) is 33.4. The number of amides is 2. The van der Waals surface area contributed by atoms with Gasteiger partial charge in [0.15, 0.2) is 0 Å². The van der Waals surface area contributed by atoms with Gasteiger partial charge in [0.25, 0.3) is 11.8 Å². The first-order chi connectivity index (χ1) is 13.0. The lowest BCUT2D eigenvalue weighted by Gasteiger charge is -2.23. The van der Waals surface area contributed by atoms with E-state index in [4.69, 9.17) is 4.74 Å². The number of ether oxygens (including phenoxy) is 1. The Bertz CT molecular complexity index is 836. The summed E-state index contributed by atoms with van der Waals surface area (Å²) in [6, 6.07) is 7.32. The van der Waals surface area contributed by atoms with E-state index in [9.17, 15) is 9.59 Å². The Morgan fingerprint density at radius 3 is 2.22 bits per heavy atom. The maximum absolute atomic E-state index is 13.1. The molecule has 6 heteroatoms. The quantitative estimate of drug-likeness (QED) is 0.837. The Morgan fingerprint density at radius 2 is 1.59 bits per heavy atom. The van der Waals surface area contributed by atoms with Crippen LogP contribution in [0.25, 0.3) is 0 Å². The van der Waals surface area contributed by atoms with Crippen molar-refractivity contribution in [2.75, 3.05) is 33.3 Å². The van der Waals surface area contributed by atoms with Crippen molar-refractivity contribution in [3.63, 3.8) is 0 Å². The molecule has 1 fully saturated rings. The number of rotatable bonds is 3.